The van der Waals surface area contributed by atoms with Crippen molar-refractivity contribution in [3.05, 3.63) is 86.4 Å². The van der Waals surface area contributed by atoms with E-state index in [0.717, 1.165) is 19.6 Å². The maximum atomic E-state index is 12.9. The molecule has 1 N–H and O–H groups in total. The monoisotopic (exact) mass is 572 g/mol. The topological polar surface area (TPSA) is 98.1 Å². The lowest BCUT2D eigenvalue weighted by molar-refractivity contribution is -0.130. The van der Waals surface area contributed by atoms with E-state index in [1.165, 1.54) is 19.4 Å². The number of rotatable bonds is 7. The highest BCUT2D eigenvalue weighted by atomic mass is 127. The molecule has 0 unspecified atom stereocenters. The molecular formula is C25H21IN2O6. The van der Waals surface area contributed by atoms with E-state index in [0.29, 0.717) is 29.4 Å². The van der Waals surface area contributed by atoms with E-state index in [-0.39, 0.29) is 12.1 Å². The SMILES string of the molecule is COc1cc(/C=C2\C(=O)NC(=O)N(Cc3ccco3)C2=O)cc(I)c1OCc1cccc(C)c1. The average Bonchev–Trinajstić information content (AvgIpc) is 3.32. The van der Waals surface area contributed by atoms with Gasteiger partial charge in [-0.1, -0.05) is 29.8 Å². The molecule has 4 rings (SSSR count). The van der Waals surface area contributed by atoms with Gasteiger partial charge in [0.1, 0.15) is 17.9 Å². The van der Waals surface area contributed by atoms with Crippen LogP contribution in [0.2, 0.25) is 0 Å². The van der Waals surface area contributed by atoms with Crippen molar-refractivity contribution in [3.63, 3.8) is 0 Å². The van der Waals surface area contributed by atoms with Crippen molar-refractivity contribution in [2.24, 2.45) is 0 Å². The smallest absolute Gasteiger partial charge is 0.331 e. The highest BCUT2D eigenvalue weighted by Gasteiger charge is 2.36. The Bertz CT molecular complexity index is 1280. The third-order valence-electron chi connectivity index (χ3n) is 5.11. The van der Waals surface area contributed by atoms with Crippen LogP contribution in [0.3, 0.4) is 0 Å². The number of ether oxygens (including phenoxy) is 2. The molecule has 0 radical (unpaired) electrons. The highest BCUT2D eigenvalue weighted by molar-refractivity contribution is 14.1. The number of aryl methyl sites for hydroxylation is 1. The van der Waals surface area contributed by atoms with Gasteiger partial charge in [0, 0.05) is 0 Å². The molecule has 0 atom stereocenters. The van der Waals surface area contributed by atoms with Crippen molar-refractivity contribution >= 4 is 46.5 Å². The first-order valence-electron chi connectivity index (χ1n) is 10.3. The van der Waals surface area contributed by atoms with Crippen LogP contribution in [0.15, 0.2) is 64.8 Å². The summed E-state index contributed by atoms with van der Waals surface area (Å²) < 4.78 is 17.5. The number of hydrogen-bond acceptors (Lipinski definition) is 6. The molecule has 0 spiro atoms. The lowest BCUT2D eigenvalue weighted by atomic mass is 10.1. The molecule has 2 aromatic carbocycles. The van der Waals surface area contributed by atoms with Gasteiger partial charge in [-0.15, -0.1) is 0 Å². The Labute approximate surface area is 209 Å². The summed E-state index contributed by atoms with van der Waals surface area (Å²) in [7, 11) is 1.52. The number of imide groups is 2. The van der Waals surface area contributed by atoms with E-state index in [2.05, 4.69) is 27.9 Å². The van der Waals surface area contributed by atoms with Crippen molar-refractivity contribution < 1.29 is 28.3 Å². The van der Waals surface area contributed by atoms with E-state index in [4.69, 9.17) is 13.9 Å². The van der Waals surface area contributed by atoms with Crippen LogP contribution in [0.25, 0.3) is 6.08 Å². The van der Waals surface area contributed by atoms with Crippen LogP contribution < -0.4 is 14.8 Å². The summed E-state index contributed by atoms with van der Waals surface area (Å²) in [5.41, 5.74) is 2.54. The van der Waals surface area contributed by atoms with E-state index < -0.39 is 17.8 Å². The van der Waals surface area contributed by atoms with Gasteiger partial charge in [0.05, 0.1) is 23.5 Å². The molecule has 1 fully saturated rings. The van der Waals surface area contributed by atoms with Gasteiger partial charge in [-0.05, 0) is 71.0 Å². The molecule has 8 nitrogen and oxygen atoms in total. The number of hydrogen-bond donors (Lipinski definition) is 1. The summed E-state index contributed by atoms with van der Waals surface area (Å²) in [6.45, 7) is 2.29. The number of nitrogens with zero attached hydrogens (tertiary/aromatic N) is 1. The van der Waals surface area contributed by atoms with Crippen LogP contribution in [0.1, 0.15) is 22.5 Å². The van der Waals surface area contributed by atoms with E-state index in [1.807, 2.05) is 31.2 Å². The Hall–Kier alpha value is -3.60. The number of halogens is 1. The van der Waals surface area contributed by atoms with Gasteiger partial charge in [0.2, 0.25) is 0 Å². The fourth-order valence-electron chi connectivity index (χ4n) is 3.48. The molecule has 1 aliphatic rings. The number of carbonyl (C=O) groups is 3. The maximum absolute atomic E-state index is 12.9. The second kappa shape index (κ2) is 10.1. The van der Waals surface area contributed by atoms with Crippen LogP contribution in [0, 0.1) is 10.5 Å². The van der Waals surface area contributed by atoms with E-state index in [9.17, 15) is 14.4 Å². The van der Waals surface area contributed by atoms with Crippen molar-refractivity contribution in [3.8, 4) is 11.5 Å². The zero-order valence-electron chi connectivity index (χ0n) is 18.5. The van der Waals surface area contributed by atoms with Crippen LogP contribution >= 0.6 is 22.6 Å². The molecule has 3 aromatic rings. The van der Waals surface area contributed by atoms with Gasteiger partial charge in [-0.2, -0.15) is 0 Å². The maximum Gasteiger partial charge on any atom is 0.331 e. The lowest BCUT2D eigenvalue weighted by Gasteiger charge is -2.25. The molecule has 0 saturated carbocycles. The molecule has 9 heteroatoms. The molecule has 174 valence electrons. The Kier molecular flexibility index (Phi) is 7.01. The van der Waals surface area contributed by atoms with Gasteiger partial charge in [0.25, 0.3) is 11.8 Å². The van der Waals surface area contributed by atoms with Crippen LogP contribution in [-0.2, 0) is 22.7 Å². The van der Waals surface area contributed by atoms with Gasteiger partial charge in [0.15, 0.2) is 11.5 Å². The quantitative estimate of drug-likeness (QED) is 0.256. The van der Waals surface area contributed by atoms with Crippen molar-refractivity contribution in [2.75, 3.05) is 7.11 Å². The molecule has 1 aliphatic heterocycles. The predicted molar refractivity (Wildman–Crippen MR) is 132 cm³/mol. The van der Waals surface area contributed by atoms with Gasteiger partial charge in [-0.25, -0.2) is 4.79 Å². The van der Waals surface area contributed by atoms with Crippen molar-refractivity contribution in [2.45, 2.75) is 20.1 Å². The normalized spacial score (nSPS) is 15.0. The largest absolute Gasteiger partial charge is 0.493 e. The minimum atomic E-state index is -0.796. The summed E-state index contributed by atoms with van der Waals surface area (Å²) in [6.07, 6.45) is 2.87. The van der Waals surface area contributed by atoms with Crippen molar-refractivity contribution in [1.29, 1.82) is 0 Å². The zero-order valence-corrected chi connectivity index (χ0v) is 20.6. The zero-order chi connectivity index (χ0) is 24.2. The Balaban J connectivity index is 1.59. The lowest BCUT2D eigenvalue weighted by Crippen LogP contribution is -2.53. The fraction of sp³-hybridized carbons (Fsp3) is 0.160. The molecule has 0 aliphatic carbocycles. The summed E-state index contributed by atoms with van der Waals surface area (Å²) >= 11 is 2.11. The van der Waals surface area contributed by atoms with Gasteiger partial charge in [-0.3, -0.25) is 19.8 Å². The number of nitrogens with one attached hydrogen (secondary N) is 1. The minimum Gasteiger partial charge on any atom is -0.493 e. The second-order valence-electron chi connectivity index (χ2n) is 7.60. The second-order valence-corrected chi connectivity index (χ2v) is 8.76. The number of amides is 4. The number of carbonyl (C=O) groups excluding carboxylic acids is 3. The fourth-order valence-corrected chi connectivity index (χ4v) is 4.26. The first-order valence-corrected chi connectivity index (χ1v) is 11.4. The number of urea groups is 1. The van der Waals surface area contributed by atoms with E-state index in [1.54, 1.807) is 24.3 Å². The first-order chi connectivity index (χ1) is 16.4. The number of methoxy groups -OCH3 is 1. The van der Waals surface area contributed by atoms with Crippen molar-refractivity contribution in [1.82, 2.24) is 10.2 Å². The standard InChI is InChI=1S/C25H21IN2O6/c1-15-5-3-6-16(9-15)14-34-22-20(26)11-17(12-21(22)32-2)10-19-23(29)27-25(31)28(24(19)30)13-18-7-4-8-33-18/h3-12H,13-14H2,1-2H3,(H,27,29,31)/b19-10+. The predicted octanol–water partition coefficient (Wildman–Crippen LogP) is 4.44. The molecule has 4 amide bonds. The summed E-state index contributed by atoms with van der Waals surface area (Å²) in [6, 6.07) is 14.0. The summed E-state index contributed by atoms with van der Waals surface area (Å²) in [4.78, 5) is 38.5. The van der Waals surface area contributed by atoms with E-state index >= 15 is 0 Å². The summed E-state index contributed by atoms with van der Waals surface area (Å²) in [5.74, 6) is -0.0405. The molecule has 1 aromatic heterocycles. The molecule has 0 bridgehead atoms. The highest BCUT2D eigenvalue weighted by Crippen LogP contribution is 2.35. The van der Waals surface area contributed by atoms with Gasteiger partial charge >= 0.3 is 6.03 Å². The van der Waals surface area contributed by atoms with Crippen LogP contribution in [0.5, 0.6) is 11.5 Å². The molecule has 34 heavy (non-hydrogen) atoms. The molecular weight excluding hydrogens is 551 g/mol. The molecule has 1 saturated heterocycles. The number of barbiturate groups is 1. The third-order valence-corrected chi connectivity index (χ3v) is 5.91. The molecule has 2 heterocycles. The summed E-state index contributed by atoms with van der Waals surface area (Å²) in [5, 5.41) is 2.20. The number of furan rings is 1. The van der Waals surface area contributed by atoms with Gasteiger partial charge < -0.3 is 13.9 Å². The Morgan fingerprint density at radius 3 is 2.65 bits per heavy atom. The van der Waals surface area contributed by atoms with Crippen LogP contribution in [-0.4, -0.2) is 29.9 Å². The van der Waals surface area contributed by atoms with Crippen LogP contribution in [0.4, 0.5) is 4.79 Å². The first kappa shape index (κ1) is 23.6. The third kappa shape index (κ3) is 5.14. The Morgan fingerprint density at radius 1 is 1.12 bits per heavy atom. The Morgan fingerprint density at radius 2 is 1.94 bits per heavy atom. The minimum absolute atomic E-state index is 0.0884. The average molecular weight is 572 g/mol. The number of benzene rings is 2.